The van der Waals surface area contributed by atoms with Gasteiger partial charge < -0.3 is 14.5 Å². The van der Waals surface area contributed by atoms with Gasteiger partial charge in [0.25, 0.3) is 0 Å². The van der Waals surface area contributed by atoms with Crippen LogP contribution in [0.2, 0.25) is 5.02 Å². The number of carbonyl (C=O) groups is 1. The molecule has 1 aliphatic rings. The number of fused-ring (bicyclic) bond motifs is 1. The largest absolute Gasteiger partial charge is 0.460 e. The first-order valence-corrected chi connectivity index (χ1v) is 12.1. The number of para-hydroxylation sites is 2. The summed E-state index contributed by atoms with van der Waals surface area (Å²) in [5.74, 6) is -1.28. The Balaban J connectivity index is 1.41. The lowest BCUT2D eigenvalue weighted by Gasteiger charge is -2.37. The maximum absolute atomic E-state index is 13.0. The fraction of sp³-hybridized carbons (Fsp3) is 0.214. The number of nitrogens with zero attached hydrogens (tertiary/aromatic N) is 5. The molecule has 0 amide bonds. The molecule has 180 valence electrons. The Morgan fingerprint density at radius 1 is 0.917 bits per heavy atom. The normalized spacial score (nSPS) is 14.3. The average Bonchev–Trinajstić information content (AvgIpc) is 2.92. The molecule has 0 saturated carbocycles. The van der Waals surface area contributed by atoms with E-state index in [0.717, 1.165) is 24.3 Å². The van der Waals surface area contributed by atoms with Crippen molar-refractivity contribution in [2.45, 2.75) is 12.5 Å². The van der Waals surface area contributed by atoms with Crippen LogP contribution in [0, 0.1) is 11.3 Å². The highest BCUT2D eigenvalue weighted by Crippen LogP contribution is 2.30. The molecule has 8 heteroatoms. The third kappa shape index (κ3) is 5.09. The second-order valence-corrected chi connectivity index (χ2v) is 8.97. The molecule has 0 N–H and O–H groups in total. The first-order valence-electron chi connectivity index (χ1n) is 11.7. The number of carbonyl (C=O) groups excluding carboxylic acids is 1. The van der Waals surface area contributed by atoms with Crippen LogP contribution in [-0.4, -0.2) is 42.1 Å². The number of aromatic nitrogens is 2. The SMILES string of the molecule is N#C[C@@H](C(=O)OCc1ccccc1)c1nc2ccccc2nc1N1CCN(c2cccc(Cl)c2)CC1. The fourth-order valence-electron chi connectivity index (χ4n) is 4.32. The molecule has 0 spiro atoms. The molecule has 1 atom stereocenters. The van der Waals surface area contributed by atoms with Crippen molar-refractivity contribution in [2.24, 2.45) is 0 Å². The number of halogens is 1. The Hall–Kier alpha value is -4.15. The number of benzene rings is 3. The highest BCUT2D eigenvalue weighted by Gasteiger charge is 2.31. The van der Waals surface area contributed by atoms with Gasteiger partial charge in [0.1, 0.15) is 12.3 Å². The lowest BCUT2D eigenvalue weighted by atomic mass is 10.1. The van der Waals surface area contributed by atoms with Gasteiger partial charge in [-0.3, -0.25) is 4.79 Å². The van der Waals surface area contributed by atoms with Gasteiger partial charge in [-0.05, 0) is 35.9 Å². The van der Waals surface area contributed by atoms with Crippen LogP contribution in [0.3, 0.4) is 0 Å². The molecule has 1 aromatic heterocycles. The van der Waals surface area contributed by atoms with Gasteiger partial charge in [-0.15, -0.1) is 0 Å². The minimum Gasteiger partial charge on any atom is -0.460 e. The summed E-state index contributed by atoms with van der Waals surface area (Å²) in [7, 11) is 0. The molecule has 3 aromatic carbocycles. The van der Waals surface area contributed by atoms with Crippen molar-refractivity contribution in [2.75, 3.05) is 36.0 Å². The summed E-state index contributed by atoms with van der Waals surface area (Å²) in [5, 5.41) is 10.7. The van der Waals surface area contributed by atoms with Crippen molar-refractivity contribution >= 4 is 40.1 Å². The molecular formula is C28H24ClN5O2. The summed E-state index contributed by atoms with van der Waals surface area (Å²) in [4.78, 5) is 27.0. The molecule has 7 nitrogen and oxygen atoms in total. The average molecular weight is 498 g/mol. The van der Waals surface area contributed by atoms with Crippen LogP contribution in [0.15, 0.2) is 78.9 Å². The number of hydrogen-bond acceptors (Lipinski definition) is 7. The summed E-state index contributed by atoms with van der Waals surface area (Å²) in [6.45, 7) is 2.88. The van der Waals surface area contributed by atoms with Crippen LogP contribution >= 0.6 is 11.6 Å². The molecule has 2 heterocycles. The molecule has 0 unspecified atom stereocenters. The van der Waals surface area contributed by atoms with E-state index in [2.05, 4.69) is 15.9 Å². The van der Waals surface area contributed by atoms with Crippen LogP contribution in [0.5, 0.6) is 0 Å². The molecule has 1 aliphatic heterocycles. The molecule has 36 heavy (non-hydrogen) atoms. The molecule has 4 aromatic rings. The fourth-order valence-corrected chi connectivity index (χ4v) is 4.50. The van der Waals surface area contributed by atoms with E-state index in [1.54, 1.807) is 0 Å². The monoisotopic (exact) mass is 497 g/mol. The number of ether oxygens (including phenoxy) is 1. The van der Waals surface area contributed by atoms with Crippen LogP contribution in [0.4, 0.5) is 11.5 Å². The van der Waals surface area contributed by atoms with Crippen LogP contribution in [-0.2, 0) is 16.1 Å². The summed E-state index contributed by atoms with van der Waals surface area (Å²) < 4.78 is 5.51. The minimum atomic E-state index is -1.19. The van der Waals surface area contributed by atoms with E-state index < -0.39 is 11.9 Å². The van der Waals surface area contributed by atoms with Crippen molar-refractivity contribution < 1.29 is 9.53 Å². The van der Waals surface area contributed by atoms with E-state index in [-0.39, 0.29) is 6.61 Å². The van der Waals surface area contributed by atoms with Gasteiger partial charge >= 0.3 is 5.97 Å². The van der Waals surface area contributed by atoms with E-state index in [1.165, 1.54) is 0 Å². The first kappa shape index (κ1) is 23.6. The van der Waals surface area contributed by atoms with E-state index in [4.69, 9.17) is 26.3 Å². The Labute approximate surface area is 214 Å². The van der Waals surface area contributed by atoms with Gasteiger partial charge in [0, 0.05) is 36.9 Å². The smallest absolute Gasteiger partial charge is 0.330 e. The number of anilines is 2. The summed E-state index contributed by atoms with van der Waals surface area (Å²) in [5.41, 5.74) is 3.58. The van der Waals surface area contributed by atoms with Gasteiger partial charge in [0.2, 0.25) is 0 Å². The summed E-state index contributed by atoms with van der Waals surface area (Å²) in [6.07, 6.45) is 0. The number of hydrogen-bond donors (Lipinski definition) is 0. The number of piperazine rings is 1. The van der Waals surface area contributed by atoms with Gasteiger partial charge in [0.05, 0.1) is 17.1 Å². The Morgan fingerprint density at radius 3 is 2.28 bits per heavy atom. The second kappa shape index (κ2) is 10.6. The zero-order chi connectivity index (χ0) is 24.9. The molecule has 5 rings (SSSR count). The maximum Gasteiger partial charge on any atom is 0.330 e. The van der Waals surface area contributed by atoms with E-state index >= 15 is 0 Å². The third-order valence-electron chi connectivity index (χ3n) is 6.19. The molecule has 1 fully saturated rings. The topological polar surface area (TPSA) is 82.3 Å². The Morgan fingerprint density at radius 2 is 1.58 bits per heavy atom. The van der Waals surface area contributed by atoms with Crippen LogP contribution in [0.1, 0.15) is 17.2 Å². The predicted octanol–water partition coefficient (Wildman–Crippen LogP) is 4.96. The van der Waals surface area contributed by atoms with Crippen LogP contribution in [0.25, 0.3) is 11.0 Å². The van der Waals surface area contributed by atoms with Crippen molar-refractivity contribution in [3.05, 3.63) is 95.1 Å². The molecule has 0 bridgehead atoms. The second-order valence-electron chi connectivity index (χ2n) is 8.53. The first-order chi connectivity index (χ1) is 17.6. The van der Waals surface area contributed by atoms with E-state index in [0.29, 0.717) is 40.7 Å². The van der Waals surface area contributed by atoms with Gasteiger partial charge in [-0.1, -0.05) is 60.1 Å². The lowest BCUT2D eigenvalue weighted by Crippen LogP contribution is -2.47. The molecule has 1 saturated heterocycles. The highest BCUT2D eigenvalue weighted by atomic mass is 35.5. The summed E-state index contributed by atoms with van der Waals surface area (Å²) >= 11 is 6.18. The summed E-state index contributed by atoms with van der Waals surface area (Å²) in [6, 6.07) is 26.8. The zero-order valence-electron chi connectivity index (χ0n) is 19.5. The van der Waals surface area contributed by atoms with Gasteiger partial charge in [0.15, 0.2) is 11.7 Å². The maximum atomic E-state index is 13.0. The number of rotatable bonds is 6. The minimum absolute atomic E-state index is 0.0898. The Kier molecular flexibility index (Phi) is 6.96. The van der Waals surface area contributed by atoms with Crippen LogP contribution < -0.4 is 9.80 Å². The van der Waals surface area contributed by atoms with Crippen molar-refractivity contribution in [1.82, 2.24) is 9.97 Å². The van der Waals surface area contributed by atoms with Gasteiger partial charge in [-0.25, -0.2) is 9.97 Å². The standard InChI is InChI=1S/C28H24ClN5O2/c29-21-9-6-10-22(17-21)33-13-15-34(16-14-33)27-26(31-24-11-4-5-12-25(24)32-27)23(18-30)28(35)36-19-20-7-2-1-3-8-20/h1-12,17,23H,13-16,19H2/t23-/m1/s1. The highest BCUT2D eigenvalue weighted by molar-refractivity contribution is 6.30. The molecule has 0 radical (unpaired) electrons. The molecule has 0 aliphatic carbocycles. The van der Waals surface area contributed by atoms with E-state index in [1.807, 2.05) is 78.9 Å². The molecular weight excluding hydrogens is 474 g/mol. The van der Waals surface area contributed by atoms with Crippen molar-refractivity contribution in [3.63, 3.8) is 0 Å². The Bertz CT molecular complexity index is 1410. The third-order valence-corrected chi connectivity index (χ3v) is 6.43. The lowest BCUT2D eigenvalue weighted by molar-refractivity contribution is -0.145. The number of nitriles is 1. The van der Waals surface area contributed by atoms with E-state index in [9.17, 15) is 10.1 Å². The predicted molar refractivity (Wildman–Crippen MR) is 140 cm³/mol. The van der Waals surface area contributed by atoms with Crippen molar-refractivity contribution in [3.8, 4) is 6.07 Å². The number of esters is 1. The van der Waals surface area contributed by atoms with Gasteiger partial charge in [-0.2, -0.15) is 5.26 Å². The van der Waals surface area contributed by atoms with Crippen molar-refractivity contribution in [1.29, 1.82) is 5.26 Å². The quantitative estimate of drug-likeness (QED) is 0.348. The zero-order valence-corrected chi connectivity index (χ0v) is 20.3.